The van der Waals surface area contributed by atoms with Gasteiger partial charge in [0.05, 0.1) is 17.6 Å². The van der Waals surface area contributed by atoms with E-state index >= 15 is 0 Å². The molecule has 1 unspecified atom stereocenters. The molecule has 2 fully saturated rings. The molecule has 3 rings (SSSR count). The number of rotatable bonds is 5. The van der Waals surface area contributed by atoms with Gasteiger partial charge in [-0.3, -0.25) is 4.18 Å². The molecule has 140 valence electrons. The molecule has 0 aliphatic heterocycles. The van der Waals surface area contributed by atoms with E-state index in [9.17, 15) is 13.5 Å². The van der Waals surface area contributed by atoms with Crippen LogP contribution in [0.2, 0.25) is 0 Å². The van der Waals surface area contributed by atoms with Crippen LogP contribution < -0.4 is 0 Å². The summed E-state index contributed by atoms with van der Waals surface area (Å²) >= 11 is 0. The standard InChI is InChI=1S/C20H30O4S/c1-14-6-8-16(9-7-14)25(22,23)24-13-15(2)17-10-11-18-19(21)5-4-12-20(17,18)3/h6-9,15,17-19,21H,4-5,10-13H2,1-3H3/t15?,17-,18+,19+,20-/m1/s1. The van der Waals surface area contributed by atoms with Gasteiger partial charge in [-0.15, -0.1) is 0 Å². The Morgan fingerprint density at radius 1 is 1.24 bits per heavy atom. The van der Waals surface area contributed by atoms with E-state index in [4.69, 9.17) is 4.18 Å². The normalized spacial score (nSPS) is 33.8. The molecule has 0 bridgehead atoms. The number of hydrogen-bond donors (Lipinski definition) is 1. The molecule has 0 spiro atoms. The average molecular weight is 367 g/mol. The molecular weight excluding hydrogens is 336 g/mol. The Hall–Kier alpha value is -0.910. The molecular formula is C20H30O4S. The first kappa shape index (κ1) is 18.9. The Morgan fingerprint density at radius 3 is 2.60 bits per heavy atom. The molecule has 1 aromatic carbocycles. The summed E-state index contributed by atoms with van der Waals surface area (Å²) in [6, 6.07) is 6.76. The average Bonchev–Trinajstić information content (AvgIpc) is 2.92. The van der Waals surface area contributed by atoms with E-state index in [-0.39, 0.29) is 28.9 Å². The summed E-state index contributed by atoms with van der Waals surface area (Å²) in [6.45, 7) is 6.50. The van der Waals surface area contributed by atoms with Gasteiger partial charge in [-0.25, -0.2) is 0 Å². The van der Waals surface area contributed by atoms with Crippen LogP contribution in [0.1, 0.15) is 51.5 Å². The fraction of sp³-hybridized carbons (Fsp3) is 0.700. The van der Waals surface area contributed by atoms with E-state index in [1.807, 2.05) is 6.92 Å². The van der Waals surface area contributed by atoms with E-state index in [0.717, 1.165) is 37.7 Å². The second-order valence-corrected chi connectivity index (χ2v) is 9.90. The zero-order chi connectivity index (χ0) is 18.2. The van der Waals surface area contributed by atoms with Gasteiger partial charge in [-0.1, -0.05) is 38.0 Å². The van der Waals surface area contributed by atoms with Gasteiger partial charge >= 0.3 is 0 Å². The van der Waals surface area contributed by atoms with Crippen molar-refractivity contribution in [3.8, 4) is 0 Å². The molecule has 1 aromatic rings. The summed E-state index contributed by atoms with van der Waals surface area (Å²) in [5, 5.41) is 10.3. The van der Waals surface area contributed by atoms with Gasteiger partial charge in [-0.2, -0.15) is 8.42 Å². The maximum atomic E-state index is 12.4. The Bertz CT molecular complexity index is 697. The molecule has 2 aliphatic carbocycles. The van der Waals surface area contributed by atoms with E-state index < -0.39 is 10.1 Å². The second-order valence-electron chi connectivity index (χ2n) is 8.28. The van der Waals surface area contributed by atoms with E-state index in [0.29, 0.717) is 11.8 Å². The largest absolute Gasteiger partial charge is 0.393 e. The third kappa shape index (κ3) is 3.64. The minimum absolute atomic E-state index is 0.105. The van der Waals surface area contributed by atoms with Gasteiger partial charge in [0.25, 0.3) is 10.1 Å². The molecule has 0 heterocycles. The number of aliphatic hydroxyl groups excluding tert-OH is 1. The zero-order valence-electron chi connectivity index (χ0n) is 15.4. The summed E-state index contributed by atoms with van der Waals surface area (Å²) in [6.07, 6.45) is 4.96. The van der Waals surface area contributed by atoms with Gasteiger partial charge in [-0.05, 0) is 67.9 Å². The number of aliphatic hydroxyl groups is 1. The Balaban J connectivity index is 1.66. The van der Waals surface area contributed by atoms with Crippen molar-refractivity contribution in [2.24, 2.45) is 23.2 Å². The topological polar surface area (TPSA) is 63.6 Å². The van der Waals surface area contributed by atoms with Crippen LogP contribution in [0.4, 0.5) is 0 Å². The maximum Gasteiger partial charge on any atom is 0.296 e. The fourth-order valence-corrected chi connectivity index (χ4v) is 6.21. The first-order valence-corrected chi connectivity index (χ1v) is 10.8. The lowest BCUT2D eigenvalue weighted by atomic mass is 9.62. The summed E-state index contributed by atoms with van der Waals surface area (Å²) in [4.78, 5) is 0.217. The van der Waals surface area contributed by atoms with Gasteiger partial charge in [0.15, 0.2) is 0 Å². The molecule has 1 N–H and O–H groups in total. The van der Waals surface area contributed by atoms with E-state index in [1.54, 1.807) is 24.3 Å². The van der Waals surface area contributed by atoms with Crippen molar-refractivity contribution < 1.29 is 17.7 Å². The molecule has 0 amide bonds. The van der Waals surface area contributed by atoms with Crippen molar-refractivity contribution in [2.75, 3.05) is 6.61 Å². The quantitative estimate of drug-likeness (QED) is 0.803. The molecule has 0 saturated heterocycles. The van der Waals surface area contributed by atoms with Crippen LogP contribution in [0.3, 0.4) is 0 Å². The van der Waals surface area contributed by atoms with Crippen LogP contribution in [0.15, 0.2) is 29.2 Å². The van der Waals surface area contributed by atoms with Crippen molar-refractivity contribution in [3.05, 3.63) is 29.8 Å². The highest BCUT2D eigenvalue weighted by molar-refractivity contribution is 7.86. The minimum atomic E-state index is -3.71. The van der Waals surface area contributed by atoms with E-state index in [2.05, 4.69) is 13.8 Å². The van der Waals surface area contributed by atoms with Crippen molar-refractivity contribution >= 4 is 10.1 Å². The third-order valence-electron chi connectivity index (χ3n) is 6.65. The van der Waals surface area contributed by atoms with Gasteiger partial charge in [0.1, 0.15) is 0 Å². The Morgan fingerprint density at radius 2 is 1.92 bits per heavy atom. The van der Waals surface area contributed by atoms with Crippen LogP contribution in [-0.4, -0.2) is 26.2 Å². The lowest BCUT2D eigenvalue weighted by Crippen LogP contribution is -2.42. The summed E-state index contributed by atoms with van der Waals surface area (Å²) in [7, 11) is -3.71. The Labute approximate surface area is 151 Å². The van der Waals surface area contributed by atoms with Gasteiger partial charge in [0, 0.05) is 0 Å². The number of aryl methyl sites for hydroxylation is 1. The Kier molecular flexibility index (Phi) is 5.29. The lowest BCUT2D eigenvalue weighted by Gasteiger charge is -2.45. The maximum absolute atomic E-state index is 12.4. The van der Waals surface area contributed by atoms with Crippen LogP contribution in [0.5, 0.6) is 0 Å². The summed E-state index contributed by atoms with van der Waals surface area (Å²) < 4.78 is 30.2. The summed E-state index contributed by atoms with van der Waals surface area (Å²) in [5.74, 6) is 0.906. The van der Waals surface area contributed by atoms with Crippen LogP contribution >= 0.6 is 0 Å². The summed E-state index contributed by atoms with van der Waals surface area (Å²) in [5.41, 5.74) is 1.13. The van der Waals surface area contributed by atoms with Crippen LogP contribution in [0.25, 0.3) is 0 Å². The van der Waals surface area contributed by atoms with Crippen LogP contribution in [0, 0.1) is 30.1 Å². The molecule has 5 atom stereocenters. The highest BCUT2D eigenvalue weighted by atomic mass is 32.2. The number of fused-ring (bicyclic) bond motifs is 1. The first-order chi connectivity index (χ1) is 11.7. The molecule has 4 nitrogen and oxygen atoms in total. The monoisotopic (exact) mass is 366 g/mol. The van der Waals surface area contributed by atoms with Crippen molar-refractivity contribution in [1.29, 1.82) is 0 Å². The third-order valence-corrected chi connectivity index (χ3v) is 7.94. The first-order valence-electron chi connectivity index (χ1n) is 9.38. The zero-order valence-corrected chi connectivity index (χ0v) is 16.3. The number of benzene rings is 1. The molecule has 2 aliphatic rings. The fourth-order valence-electron chi connectivity index (χ4n) is 5.21. The van der Waals surface area contributed by atoms with Crippen molar-refractivity contribution in [3.63, 3.8) is 0 Å². The van der Waals surface area contributed by atoms with E-state index in [1.165, 1.54) is 0 Å². The second kappa shape index (κ2) is 7.01. The molecule has 5 heteroatoms. The minimum Gasteiger partial charge on any atom is -0.393 e. The predicted molar refractivity (Wildman–Crippen MR) is 97.7 cm³/mol. The smallest absolute Gasteiger partial charge is 0.296 e. The number of hydrogen-bond acceptors (Lipinski definition) is 4. The SMILES string of the molecule is Cc1ccc(S(=O)(=O)OCC(C)[C@H]2CC[C@H]3[C@@H](O)CCC[C@]23C)cc1. The molecule has 0 aromatic heterocycles. The molecule has 2 saturated carbocycles. The van der Waals surface area contributed by atoms with Gasteiger partial charge in [0.2, 0.25) is 0 Å². The highest BCUT2D eigenvalue weighted by Gasteiger charge is 2.52. The van der Waals surface area contributed by atoms with Crippen LogP contribution in [-0.2, 0) is 14.3 Å². The predicted octanol–water partition coefficient (Wildman–Crippen LogP) is 3.91. The van der Waals surface area contributed by atoms with Crippen molar-refractivity contribution in [1.82, 2.24) is 0 Å². The molecule has 25 heavy (non-hydrogen) atoms. The van der Waals surface area contributed by atoms with Gasteiger partial charge < -0.3 is 5.11 Å². The highest BCUT2D eigenvalue weighted by Crippen LogP contribution is 2.57. The molecule has 0 radical (unpaired) electrons. The van der Waals surface area contributed by atoms with Crippen molar-refractivity contribution in [2.45, 2.75) is 63.9 Å². The lowest BCUT2D eigenvalue weighted by molar-refractivity contribution is -0.0307.